The summed E-state index contributed by atoms with van der Waals surface area (Å²) in [7, 11) is -8.15. The smallest absolute Gasteiger partial charge is 0.252 e. The molecule has 0 spiro atoms. The number of nitrogens with two attached hydrogens (primary N) is 1. The average Bonchev–Trinajstić information content (AvgIpc) is 3.11. The maximum Gasteiger partial charge on any atom is 0.252 e. The summed E-state index contributed by atoms with van der Waals surface area (Å²) in [4.78, 5) is 27.3. The molecule has 0 bridgehead atoms. The van der Waals surface area contributed by atoms with Crippen molar-refractivity contribution in [1.82, 2.24) is 4.31 Å². The second-order valence-corrected chi connectivity index (χ2v) is 12.7. The fourth-order valence-corrected chi connectivity index (χ4v) is 6.91. The van der Waals surface area contributed by atoms with E-state index < -0.39 is 43.4 Å². The number of imide groups is 1. The first-order chi connectivity index (χ1) is 16.8. The Bertz CT molecular complexity index is 1560. The van der Waals surface area contributed by atoms with Gasteiger partial charge >= 0.3 is 0 Å². The number of nitrogens with zero attached hydrogens (tertiary/aromatic N) is 2. The van der Waals surface area contributed by atoms with Crippen LogP contribution in [-0.2, 0) is 29.6 Å². The number of primary sulfonamides is 1. The van der Waals surface area contributed by atoms with Gasteiger partial charge in [0, 0.05) is 5.54 Å². The van der Waals surface area contributed by atoms with E-state index in [1.54, 1.807) is 32.0 Å². The molecule has 3 aromatic rings. The van der Waals surface area contributed by atoms with Crippen LogP contribution in [-0.4, -0.2) is 44.5 Å². The average molecular weight is 530 g/mol. The van der Waals surface area contributed by atoms with Crippen LogP contribution in [0.1, 0.15) is 33.6 Å². The SMILES string of the molecule is CCC(C)(C)N(C1CC(=O)N(c2ccc(S(N)(=O)=O)cc2)C1=O)S(=O)(=O)c1ccc2ccccc2c1. The zero-order valence-corrected chi connectivity index (χ0v) is 21.7. The Labute approximate surface area is 210 Å². The predicted molar refractivity (Wildman–Crippen MR) is 136 cm³/mol. The lowest BCUT2D eigenvalue weighted by Crippen LogP contribution is -2.55. The van der Waals surface area contributed by atoms with Gasteiger partial charge in [-0.25, -0.2) is 26.9 Å². The highest BCUT2D eigenvalue weighted by Gasteiger charge is 2.51. The third-order valence-electron chi connectivity index (χ3n) is 6.57. The lowest BCUT2D eigenvalue weighted by atomic mass is 10.00. The molecule has 0 aliphatic carbocycles. The van der Waals surface area contributed by atoms with Gasteiger partial charge in [0.1, 0.15) is 6.04 Å². The van der Waals surface area contributed by atoms with Gasteiger partial charge in [-0.05, 0) is 67.4 Å². The minimum Gasteiger partial charge on any atom is -0.274 e. The Morgan fingerprint density at radius 1 is 0.917 bits per heavy atom. The number of sulfonamides is 2. The minimum atomic E-state index is -4.20. The van der Waals surface area contributed by atoms with Crippen LogP contribution >= 0.6 is 0 Å². The first kappa shape index (κ1) is 26.0. The summed E-state index contributed by atoms with van der Waals surface area (Å²) >= 11 is 0. The van der Waals surface area contributed by atoms with E-state index in [2.05, 4.69) is 0 Å². The van der Waals surface area contributed by atoms with E-state index in [9.17, 15) is 26.4 Å². The molecule has 0 radical (unpaired) electrons. The third kappa shape index (κ3) is 4.55. The van der Waals surface area contributed by atoms with Crippen molar-refractivity contribution in [3.63, 3.8) is 0 Å². The summed E-state index contributed by atoms with van der Waals surface area (Å²) in [5, 5.41) is 6.74. The molecule has 2 N–H and O–H groups in total. The summed E-state index contributed by atoms with van der Waals surface area (Å²) in [5.41, 5.74) is -0.851. The first-order valence-corrected chi connectivity index (χ1v) is 14.3. The van der Waals surface area contributed by atoms with Crippen molar-refractivity contribution >= 4 is 48.3 Å². The zero-order valence-electron chi connectivity index (χ0n) is 20.1. The molecule has 11 heteroatoms. The molecule has 1 unspecified atom stereocenters. The number of rotatable bonds is 7. The molecule has 1 fully saturated rings. The van der Waals surface area contributed by atoms with Gasteiger partial charge in [-0.1, -0.05) is 37.3 Å². The van der Waals surface area contributed by atoms with Crippen LogP contribution in [0.3, 0.4) is 0 Å². The van der Waals surface area contributed by atoms with Crippen LogP contribution in [0, 0.1) is 0 Å². The van der Waals surface area contributed by atoms with E-state index in [0.29, 0.717) is 6.42 Å². The van der Waals surface area contributed by atoms with Gasteiger partial charge in [0.15, 0.2) is 0 Å². The largest absolute Gasteiger partial charge is 0.274 e. The van der Waals surface area contributed by atoms with Crippen molar-refractivity contribution in [1.29, 1.82) is 0 Å². The lowest BCUT2D eigenvalue weighted by Gasteiger charge is -2.39. The van der Waals surface area contributed by atoms with Crippen LogP contribution in [0.15, 0.2) is 76.5 Å². The number of benzene rings is 3. The summed E-state index contributed by atoms with van der Waals surface area (Å²) < 4.78 is 52.2. The van der Waals surface area contributed by atoms with Gasteiger partial charge in [0.05, 0.1) is 21.9 Å². The monoisotopic (exact) mass is 529 g/mol. The predicted octanol–water partition coefficient (Wildman–Crippen LogP) is 3.00. The normalized spacial score (nSPS) is 17.4. The van der Waals surface area contributed by atoms with Crippen molar-refractivity contribution in [3.05, 3.63) is 66.7 Å². The topological polar surface area (TPSA) is 135 Å². The van der Waals surface area contributed by atoms with E-state index in [0.717, 1.165) is 20.0 Å². The number of carbonyl (C=O) groups is 2. The van der Waals surface area contributed by atoms with Crippen molar-refractivity contribution in [3.8, 4) is 0 Å². The van der Waals surface area contributed by atoms with Gasteiger partial charge in [0.2, 0.25) is 26.0 Å². The summed E-state index contributed by atoms with van der Waals surface area (Å²) in [5.74, 6) is -1.28. The van der Waals surface area contributed by atoms with E-state index in [-0.39, 0.29) is 21.9 Å². The molecule has 0 saturated carbocycles. The Morgan fingerprint density at radius 2 is 1.50 bits per heavy atom. The first-order valence-electron chi connectivity index (χ1n) is 11.3. The molecule has 1 aliphatic heterocycles. The van der Waals surface area contributed by atoms with Crippen molar-refractivity contribution in [2.75, 3.05) is 4.90 Å². The number of hydrogen-bond acceptors (Lipinski definition) is 6. The van der Waals surface area contributed by atoms with Crippen molar-refractivity contribution in [2.24, 2.45) is 5.14 Å². The molecule has 1 atom stereocenters. The van der Waals surface area contributed by atoms with Crippen molar-refractivity contribution < 1.29 is 26.4 Å². The third-order valence-corrected chi connectivity index (χ3v) is 9.61. The molecule has 1 heterocycles. The Kier molecular flexibility index (Phi) is 6.54. The number of fused-ring (bicyclic) bond motifs is 1. The number of amides is 2. The van der Waals surface area contributed by atoms with Crippen LogP contribution in [0.4, 0.5) is 5.69 Å². The summed E-state index contributed by atoms with van der Waals surface area (Å²) in [6.45, 7) is 5.24. The number of hydrogen-bond donors (Lipinski definition) is 1. The number of anilines is 1. The molecular weight excluding hydrogens is 502 g/mol. The Balaban J connectivity index is 1.77. The second-order valence-electron chi connectivity index (χ2n) is 9.30. The maximum absolute atomic E-state index is 14.0. The zero-order chi connectivity index (χ0) is 26.5. The minimum absolute atomic E-state index is 0.0268. The Morgan fingerprint density at radius 3 is 2.08 bits per heavy atom. The van der Waals surface area contributed by atoms with Crippen LogP contribution < -0.4 is 10.0 Å². The molecule has 190 valence electrons. The highest BCUT2D eigenvalue weighted by molar-refractivity contribution is 7.89. The molecule has 36 heavy (non-hydrogen) atoms. The lowest BCUT2D eigenvalue weighted by molar-refractivity contribution is -0.122. The Hall–Kier alpha value is -3.12. The van der Waals surface area contributed by atoms with Crippen LogP contribution in [0.5, 0.6) is 0 Å². The molecule has 2 amide bonds. The highest BCUT2D eigenvalue weighted by atomic mass is 32.2. The maximum atomic E-state index is 14.0. The molecule has 9 nitrogen and oxygen atoms in total. The van der Waals surface area contributed by atoms with Crippen LogP contribution in [0.25, 0.3) is 10.8 Å². The van der Waals surface area contributed by atoms with E-state index >= 15 is 0 Å². The van der Waals surface area contributed by atoms with Gasteiger partial charge in [-0.3, -0.25) is 9.59 Å². The highest BCUT2D eigenvalue weighted by Crippen LogP contribution is 2.36. The quantitative estimate of drug-likeness (QED) is 0.468. The summed E-state index contributed by atoms with van der Waals surface area (Å²) in [6, 6.07) is 15.8. The fraction of sp³-hybridized carbons (Fsp3) is 0.280. The van der Waals surface area contributed by atoms with Gasteiger partial charge in [-0.15, -0.1) is 0 Å². The number of carbonyl (C=O) groups excluding carboxylic acids is 2. The molecule has 0 aromatic heterocycles. The van der Waals surface area contributed by atoms with Crippen molar-refractivity contribution in [2.45, 2.75) is 55.0 Å². The molecule has 1 saturated heterocycles. The fourth-order valence-electron chi connectivity index (χ4n) is 4.37. The van der Waals surface area contributed by atoms with E-state index in [4.69, 9.17) is 5.14 Å². The standard InChI is InChI=1S/C25H27N3O6S2/c1-4-25(2,3)28(36(33,34)21-12-9-17-7-5-6-8-18(17)15-21)22-16-23(29)27(24(22)30)19-10-13-20(14-11-19)35(26,31)32/h5-15,22H,4,16H2,1-3H3,(H2,26,31,32). The van der Waals surface area contributed by atoms with E-state index in [1.165, 1.54) is 30.3 Å². The summed E-state index contributed by atoms with van der Waals surface area (Å²) in [6.07, 6.45) is 0.0485. The van der Waals surface area contributed by atoms with E-state index in [1.807, 2.05) is 25.1 Å². The molecular formula is C25H27N3O6S2. The van der Waals surface area contributed by atoms with Gasteiger partial charge in [0.25, 0.3) is 5.91 Å². The molecule has 3 aromatic carbocycles. The molecule has 4 rings (SSSR count). The molecule has 1 aliphatic rings. The van der Waals surface area contributed by atoms with Crippen LogP contribution in [0.2, 0.25) is 0 Å². The van der Waals surface area contributed by atoms with Gasteiger partial charge in [-0.2, -0.15) is 4.31 Å². The second kappa shape index (κ2) is 9.07. The van der Waals surface area contributed by atoms with Gasteiger partial charge < -0.3 is 0 Å².